The van der Waals surface area contributed by atoms with E-state index < -0.39 is 0 Å². The number of rotatable bonds is 2. The van der Waals surface area contributed by atoms with E-state index in [0.29, 0.717) is 11.2 Å². The summed E-state index contributed by atoms with van der Waals surface area (Å²) in [5, 5.41) is 0.547. The lowest BCUT2D eigenvalue weighted by molar-refractivity contribution is 0.119. The number of halogens is 1. The Labute approximate surface area is 108 Å². The van der Waals surface area contributed by atoms with Gasteiger partial charge in [-0.25, -0.2) is 9.97 Å². The van der Waals surface area contributed by atoms with Gasteiger partial charge in [-0.1, -0.05) is 18.5 Å². The lowest BCUT2D eigenvalue weighted by atomic mass is 9.93. The van der Waals surface area contributed by atoms with E-state index in [0.717, 1.165) is 30.5 Å². The van der Waals surface area contributed by atoms with Crippen molar-refractivity contribution in [3.05, 3.63) is 22.7 Å². The van der Waals surface area contributed by atoms with Crippen molar-refractivity contribution in [2.24, 2.45) is 5.92 Å². The summed E-state index contributed by atoms with van der Waals surface area (Å²) in [6, 6.07) is 2.41. The summed E-state index contributed by atoms with van der Waals surface area (Å²) in [6.07, 6.45) is 2.53. The molecular formula is C13H20ClN3. The number of aromatic nitrogens is 2. The van der Waals surface area contributed by atoms with Crippen molar-refractivity contribution in [2.45, 2.75) is 46.2 Å². The van der Waals surface area contributed by atoms with Crippen molar-refractivity contribution in [3.63, 3.8) is 0 Å². The molecule has 3 nitrogen and oxygen atoms in total. The van der Waals surface area contributed by atoms with Gasteiger partial charge in [0.2, 0.25) is 0 Å². The Hall–Kier alpha value is -0.670. The van der Waals surface area contributed by atoms with Crippen LogP contribution in [0.1, 0.15) is 38.2 Å². The van der Waals surface area contributed by atoms with Crippen molar-refractivity contribution >= 4 is 11.6 Å². The summed E-state index contributed by atoms with van der Waals surface area (Å²) < 4.78 is 0. The van der Waals surface area contributed by atoms with Gasteiger partial charge >= 0.3 is 0 Å². The zero-order chi connectivity index (χ0) is 12.4. The molecule has 1 saturated heterocycles. The van der Waals surface area contributed by atoms with Crippen molar-refractivity contribution in [2.75, 3.05) is 6.54 Å². The normalized spacial score (nSPS) is 26.1. The van der Waals surface area contributed by atoms with Gasteiger partial charge < -0.3 is 0 Å². The van der Waals surface area contributed by atoms with E-state index in [1.54, 1.807) is 6.07 Å². The molecule has 1 aromatic heterocycles. The number of likely N-dealkylation sites (tertiary alicyclic amines) is 1. The van der Waals surface area contributed by atoms with Crippen molar-refractivity contribution < 1.29 is 0 Å². The van der Waals surface area contributed by atoms with Crippen LogP contribution in [0.5, 0.6) is 0 Å². The minimum absolute atomic E-state index is 0.547. The van der Waals surface area contributed by atoms with E-state index in [2.05, 4.69) is 28.7 Å². The second-order valence-corrected chi connectivity index (χ2v) is 5.58. The maximum atomic E-state index is 5.96. The van der Waals surface area contributed by atoms with Gasteiger partial charge in [-0.3, -0.25) is 4.90 Å². The molecule has 0 aliphatic carbocycles. The van der Waals surface area contributed by atoms with Crippen LogP contribution in [0, 0.1) is 12.8 Å². The van der Waals surface area contributed by atoms with Crippen LogP contribution in [-0.2, 0) is 6.54 Å². The maximum absolute atomic E-state index is 5.96. The van der Waals surface area contributed by atoms with Gasteiger partial charge in [-0.2, -0.15) is 0 Å². The molecule has 0 spiro atoms. The number of aryl methyl sites for hydroxylation is 1. The van der Waals surface area contributed by atoms with Crippen molar-refractivity contribution in [3.8, 4) is 0 Å². The fourth-order valence-corrected chi connectivity index (χ4v) is 2.79. The molecule has 0 bridgehead atoms. The van der Waals surface area contributed by atoms with Crippen LogP contribution in [0.3, 0.4) is 0 Å². The van der Waals surface area contributed by atoms with Crippen LogP contribution >= 0.6 is 11.6 Å². The first-order valence-electron chi connectivity index (χ1n) is 6.28. The lowest BCUT2D eigenvalue weighted by Crippen LogP contribution is -2.40. The van der Waals surface area contributed by atoms with Crippen molar-refractivity contribution in [1.82, 2.24) is 14.9 Å². The molecule has 1 aromatic rings. The van der Waals surface area contributed by atoms with Crippen LogP contribution in [0.2, 0.25) is 5.15 Å². The van der Waals surface area contributed by atoms with E-state index in [9.17, 15) is 0 Å². The largest absolute Gasteiger partial charge is 0.293 e. The highest BCUT2D eigenvalue weighted by Gasteiger charge is 2.23. The maximum Gasteiger partial charge on any atom is 0.144 e. The predicted molar refractivity (Wildman–Crippen MR) is 70.0 cm³/mol. The van der Waals surface area contributed by atoms with Gasteiger partial charge in [-0.05, 0) is 45.2 Å². The molecule has 4 heteroatoms. The van der Waals surface area contributed by atoms with Crippen LogP contribution in [0.25, 0.3) is 0 Å². The van der Waals surface area contributed by atoms with Crippen LogP contribution in [0.4, 0.5) is 0 Å². The van der Waals surface area contributed by atoms with E-state index >= 15 is 0 Å². The smallest absolute Gasteiger partial charge is 0.144 e. The standard InChI is InChI=1S/C13H20ClN3/c1-9-4-5-17(11(3)6-9)8-13-15-10(2)7-12(14)16-13/h7,9,11H,4-6,8H2,1-3H3. The fourth-order valence-electron chi connectivity index (χ4n) is 2.53. The molecule has 1 fully saturated rings. The van der Waals surface area contributed by atoms with Crippen LogP contribution in [-0.4, -0.2) is 27.5 Å². The minimum Gasteiger partial charge on any atom is -0.293 e. The van der Waals surface area contributed by atoms with E-state index in [4.69, 9.17) is 11.6 Å². The molecule has 0 N–H and O–H groups in total. The highest BCUT2D eigenvalue weighted by Crippen LogP contribution is 2.23. The van der Waals surface area contributed by atoms with Gasteiger partial charge in [0.1, 0.15) is 11.0 Å². The van der Waals surface area contributed by atoms with Crippen LogP contribution in [0.15, 0.2) is 6.07 Å². The first-order valence-corrected chi connectivity index (χ1v) is 6.66. The molecule has 0 radical (unpaired) electrons. The third kappa shape index (κ3) is 3.39. The molecular weight excluding hydrogens is 234 g/mol. The van der Waals surface area contributed by atoms with Crippen molar-refractivity contribution in [1.29, 1.82) is 0 Å². The van der Waals surface area contributed by atoms with E-state index in [-0.39, 0.29) is 0 Å². The van der Waals surface area contributed by atoms with Crippen LogP contribution < -0.4 is 0 Å². The summed E-state index contributed by atoms with van der Waals surface area (Å²) >= 11 is 5.96. The average Bonchev–Trinajstić information content (AvgIpc) is 2.21. The average molecular weight is 254 g/mol. The van der Waals surface area contributed by atoms with Gasteiger partial charge in [0.15, 0.2) is 0 Å². The second kappa shape index (κ2) is 5.32. The Balaban J connectivity index is 2.05. The first kappa shape index (κ1) is 12.8. The number of hydrogen-bond acceptors (Lipinski definition) is 3. The minimum atomic E-state index is 0.547. The Morgan fingerprint density at radius 2 is 2.18 bits per heavy atom. The van der Waals surface area contributed by atoms with Gasteiger partial charge in [-0.15, -0.1) is 0 Å². The molecule has 0 saturated carbocycles. The summed E-state index contributed by atoms with van der Waals surface area (Å²) in [4.78, 5) is 11.2. The van der Waals surface area contributed by atoms with E-state index in [1.165, 1.54) is 12.8 Å². The predicted octanol–water partition coefficient (Wildman–Crippen LogP) is 3.06. The Bertz CT molecular complexity index is 374. The third-order valence-corrected chi connectivity index (χ3v) is 3.68. The summed E-state index contributed by atoms with van der Waals surface area (Å²) in [5.74, 6) is 1.68. The molecule has 0 amide bonds. The third-order valence-electron chi connectivity index (χ3n) is 3.49. The Kier molecular flexibility index (Phi) is 4.00. The molecule has 2 heterocycles. The molecule has 1 aliphatic heterocycles. The molecule has 2 unspecified atom stereocenters. The number of hydrogen-bond donors (Lipinski definition) is 0. The van der Waals surface area contributed by atoms with Gasteiger partial charge in [0.25, 0.3) is 0 Å². The monoisotopic (exact) mass is 253 g/mol. The quantitative estimate of drug-likeness (QED) is 0.759. The van der Waals surface area contributed by atoms with Gasteiger partial charge in [0, 0.05) is 11.7 Å². The fraction of sp³-hybridized carbons (Fsp3) is 0.692. The molecule has 94 valence electrons. The highest BCUT2D eigenvalue weighted by molar-refractivity contribution is 6.29. The molecule has 2 rings (SSSR count). The summed E-state index contributed by atoms with van der Waals surface area (Å²) in [5.41, 5.74) is 0.943. The van der Waals surface area contributed by atoms with Gasteiger partial charge in [0.05, 0.1) is 6.54 Å². The lowest BCUT2D eigenvalue weighted by Gasteiger charge is -2.35. The SMILES string of the molecule is Cc1cc(Cl)nc(CN2CCC(C)CC2C)n1. The molecule has 0 aromatic carbocycles. The first-order chi connectivity index (χ1) is 8.04. The molecule has 2 atom stereocenters. The molecule has 17 heavy (non-hydrogen) atoms. The topological polar surface area (TPSA) is 29.0 Å². The highest BCUT2D eigenvalue weighted by atomic mass is 35.5. The summed E-state index contributed by atoms with van der Waals surface area (Å²) in [7, 11) is 0. The number of piperidine rings is 1. The number of nitrogens with zero attached hydrogens (tertiary/aromatic N) is 3. The van der Waals surface area contributed by atoms with E-state index in [1.807, 2.05) is 6.92 Å². The summed E-state index contributed by atoms with van der Waals surface area (Å²) in [6.45, 7) is 8.52. The zero-order valence-electron chi connectivity index (χ0n) is 10.8. The Morgan fingerprint density at radius 1 is 1.41 bits per heavy atom. The molecule has 1 aliphatic rings. The zero-order valence-corrected chi connectivity index (χ0v) is 11.5. The second-order valence-electron chi connectivity index (χ2n) is 5.20. The Morgan fingerprint density at radius 3 is 2.82 bits per heavy atom.